The smallest absolute Gasteiger partial charge is 0.311 e. The second-order valence-corrected chi connectivity index (χ2v) is 4.76. The van der Waals surface area contributed by atoms with Gasteiger partial charge < -0.3 is 14.6 Å². The minimum Gasteiger partial charge on any atom is -0.438 e. The van der Waals surface area contributed by atoms with Crippen LogP contribution in [0.25, 0.3) is 0 Å². The number of hydrogen-bond donors (Lipinski definition) is 1. The number of esters is 1. The fourth-order valence-electron chi connectivity index (χ4n) is 2.41. The van der Waals surface area contributed by atoms with E-state index in [1.54, 1.807) is 0 Å². The van der Waals surface area contributed by atoms with Crippen LogP contribution in [0.15, 0.2) is 12.2 Å². The lowest BCUT2D eigenvalue weighted by Crippen LogP contribution is -2.25. The summed E-state index contributed by atoms with van der Waals surface area (Å²) in [6.45, 7) is 3.78. The van der Waals surface area contributed by atoms with Crippen LogP contribution >= 0.6 is 0 Å². The van der Waals surface area contributed by atoms with Crippen molar-refractivity contribution in [3.63, 3.8) is 0 Å². The summed E-state index contributed by atoms with van der Waals surface area (Å²) in [5, 5.41) is 9.76. The highest BCUT2D eigenvalue weighted by molar-refractivity contribution is 5.74. The highest BCUT2D eigenvalue weighted by atomic mass is 16.7. The van der Waals surface area contributed by atoms with Crippen molar-refractivity contribution < 1.29 is 19.4 Å². The van der Waals surface area contributed by atoms with Gasteiger partial charge in [-0.2, -0.15) is 0 Å². The maximum atomic E-state index is 11.7. The largest absolute Gasteiger partial charge is 0.438 e. The molecule has 2 aliphatic carbocycles. The standard InChI is InChI=1S/C12H18O4/c1-7(2)15-6-16-12(14)10-5-8-3-4-9(10)11(8)13/h3-4,7-11,13H,5-6H2,1-2H3. The van der Waals surface area contributed by atoms with Gasteiger partial charge in [0, 0.05) is 11.8 Å². The Morgan fingerprint density at radius 2 is 2.25 bits per heavy atom. The third kappa shape index (κ3) is 2.13. The van der Waals surface area contributed by atoms with E-state index in [1.807, 2.05) is 26.0 Å². The number of aliphatic hydroxyl groups excluding tert-OH is 1. The summed E-state index contributed by atoms with van der Waals surface area (Å²) in [5.74, 6) is -0.373. The number of hydrogen-bond acceptors (Lipinski definition) is 4. The molecule has 0 aromatic carbocycles. The lowest BCUT2D eigenvalue weighted by molar-refractivity contribution is -0.165. The predicted molar refractivity (Wildman–Crippen MR) is 57.4 cm³/mol. The molecule has 0 aromatic rings. The molecule has 0 aliphatic heterocycles. The Kier molecular flexibility index (Phi) is 3.30. The van der Waals surface area contributed by atoms with E-state index in [2.05, 4.69) is 0 Å². The van der Waals surface area contributed by atoms with Crippen LogP contribution in [0.4, 0.5) is 0 Å². The molecule has 0 radical (unpaired) electrons. The van der Waals surface area contributed by atoms with Crippen LogP contribution in [-0.4, -0.2) is 30.1 Å². The zero-order valence-electron chi connectivity index (χ0n) is 9.63. The molecule has 4 unspecified atom stereocenters. The van der Waals surface area contributed by atoms with Crippen molar-refractivity contribution in [2.24, 2.45) is 17.8 Å². The summed E-state index contributed by atoms with van der Waals surface area (Å²) in [5.41, 5.74) is 0. The van der Waals surface area contributed by atoms with E-state index < -0.39 is 6.10 Å². The van der Waals surface area contributed by atoms with Crippen LogP contribution < -0.4 is 0 Å². The number of ether oxygens (including phenoxy) is 2. The first-order valence-electron chi connectivity index (χ1n) is 5.74. The Morgan fingerprint density at radius 3 is 2.75 bits per heavy atom. The van der Waals surface area contributed by atoms with Crippen LogP contribution in [0, 0.1) is 17.8 Å². The van der Waals surface area contributed by atoms with Gasteiger partial charge in [0.15, 0.2) is 6.79 Å². The van der Waals surface area contributed by atoms with Crippen molar-refractivity contribution >= 4 is 5.97 Å². The molecule has 0 aromatic heterocycles. The number of rotatable bonds is 4. The molecule has 16 heavy (non-hydrogen) atoms. The van der Waals surface area contributed by atoms with Crippen molar-refractivity contribution in [3.8, 4) is 0 Å². The van der Waals surface area contributed by atoms with Crippen molar-refractivity contribution in [3.05, 3.63) is 12.2 Å². The third-order valence-corrected chi connectivity index (χ3v) is 3.31. The fourth-order valence-corrected chi connectivity index (χ4v) is 2.41. The Balaban J connectivity index is 1.81. The van der Waals surface area contributed by atoms with E-state index in [9.17, 15) is 9.90 Å². The molecule has 4 nitrogen and oxygen atoms in total. The Hall–Kier alpha value is -0.870. The van der Waals surface area contributed by atoms with Crippen LogP contribution in [0.1, 0.15) is 20.3 Å². The lowest BCUT2D eigenvalue weighted by Gasteiger charge is -2.17. The van der Waals surface area contributed by atoms with E-state index in [0.717, 1.165) is 0 Å². The van der Waals surface area contributed by atoms with Gasteiger partial charge in [-0.05, 0) is 20.3 Å². The average Bonchev–Trinajstić information content (AvgIpc) is 2.73. The van der Waals surface area contributed by atoms with Gasteiger partial charge >= 0.3 is 5.97 Å². The van der Waals surface area contributed by atoms with E-state index >= 15 is 0 Å². The van der Waals surface area contributed by atoms with Crippen LogP contribution in [-0.2, 0) is 14.3 Å². The molecule has 0 heterocycles. The number of carbonyl (C=O) groups excluding carboxylic acids is 1. The third-order valence-electron chi connectivity index (χ3n) is 3.31. The van der Waals surface area contributed by atoms with Gasteiger partial charge in [0.1, 0.15) is 0 Å². The molecular formula is C12H18O4. The highest BCUT2D eigenvalue weighted by Crippen LogP contribution is 2.44. The van der Waals surface area contributed by atoms with E-state index in [1.165, 1.54) is 0 Å². The molecule has 1 saturated carbocycles. The molecule has 0 spiro atoms. The monoisotopic (exact) mass is 226 g/mol. The number of carbonyl (C=O) groups is 1. The number of fused-ring (bicyclic) bond motifs is 2. The summed E-state index contributed by atoms with van der Waals surface area (Å²) >= 11 is 0. The van der Waals surface area contributed by atoms with Crippen LogP contribution in [0.3, 0.4) is 0 Å². The second-order valence-electron chi connectivity index (χ2n) is 4.76. The zero-order valence-corrected chi connectivity index (χ0v) is 9.63. The second kappa shape index (κ2) is 4.55. The summed E-state index contributed by atoms with van der Waals surface area (Å²) in [7, 11) is 0. The van der Waals surface area contributed by atoms with Crippen molar-refractivity contribution in [2.75, 3.05) is 6.79 Å². The summed E-state index contributed by atoms with van der Waals surface area (Å²) in [4.78, 5) is 11.7. The molecule has 2 aliphatic rings. The molecule has 4 atom stereocenters. The summed E-state index contributed by atoms with van der Waals surface area (Å²) in [6, 6.07) is 0. The van der Waals surface area contributed by atoms with Gasteiger partial charge in [0.05, 0.1) is 18.1 Å². The minimum atomic E-state index is -0.399. The van der Waals surface area contributed by atoms with Gasteiger partial charge in [-0.3, -0.25) is 4.79 Å². The van der Waals surface area contributed by atoms with E-state index in [4.69, 9.17) is 9.47 Å². The molecule has 90 valence electrons. The summed E-state index contributed by atoms with van der Waals surface area (Å²) in [6.07, 6.45) is 4.27. The Morgan fingerprint density at radius 1 is 1.50 bits per heavy atom. The van der Waals surface area contributed by atoms with E-state index in [0.29, 0.717) is 6.42 Å². The first kappa shape index (κ1) is 11.6. The average molecular weight is 226 g/mol. The predicted octanol–water partition coefficient (Wildman–Crippen LogP) is 1.10. The van der Waals surface area contributed by atoms with Gasteiger partial charge in [0.25, 0.3) is 0 Å². The Labute approximate surface area is 95.2 Å². The molecule has 1 fully saturated rings. The van der Waals surface area contributed by atoms with Gasteiger partial charge in [-0.25, -0.2) is 0 Å². The van der Waals surface area contributed by atoms with Crippen LogP contribution in [0.2, 0.25) is 0 Å². The number of aliphatic hydroxyl groups is 1. The van der Waals surface area contributed by atoms with Crippen molar-refractivity contribution in [1.82, 2.24) is 0 Å². The first-order valence-corrected chi connectivity index (χ1v) is 5.74. The molecular weight excluding hydrogens is 208 g/mol. The maximum absolute atomic E-state index is 11.7. The fraction of sp³-hybridized carbons (Fsp3) is 0.750. The minimum absolute atomic E-state index is 0.00416. The molecule has 0 amide bonds. The quantitative estimate of drug-likeness (QED) is 0.443. The maximum Gasteiger partial charge on any atom is 0.311 e. The Bertz CT molecular complexity index is 297. The SMILES string of the molecule is CC(C)OCOC(=O)C1CC2C=CC1C2O. The van der Waals surface area contributed by atoms with Crippen LogP contribution in [0.5, 0.6) is 0 Å². The van der Waals surface area contributed by atoms with Gasteiger partial charge in [-0.15, -0.1) is 0 Å². The molecule has 4 heteroatoms. The molecule has 2 rings (SSSR count). The normalized spacial score (nSPS) is 36.0. The zero-order chi connectivity index (χ0) is 11.7. The topological polar surface area (TPSA) is 55.8 Å². The molecule has 1 N–H and O–H groups in total. The summed E-state index contributed by atoms with van der Waals surface area (Å²) < 4.78 is 10.2. The van der Waals surface area contributed by atoms with Crippen molar-refractivity contribution in [2.45, 2.75) is 32.5 Å². The van der Waals surface area contributed by atoms with Crippen molar-refractivity contribution in [1.29, 1.82) is 0 Å². The van der Waals surface area contributed by atoms with Gasteiger partial charge in [-0.1, -0.05) is 12.2 Å². The molecule has 2 bridgehead atoms. The first-order chi connectivity index (χ1) is 7.59. The molecule has 0 saturated heterocycles. The van der Waals surface area contributed by atoms with E-state index in [-0.39, 0.29) is 36.6 Å². The lowest BCUT2D eigenvalue weighted by atomic mass is 9.94. The van der Waals surface area contributed by atoms with Gasteiger partial charge in [0.2, 0.25) is 0 Å². The highest BCUT2D eigenvalue weighted by Gasteiger charge is 2.47.